The van der Waals surface area contributed by atoms with Gasteiger partial charge in [0.25, 0.3) is 5.91 Å². The third-order valence-electron chi connectivity index (χ3n) is 4.67. The molecule has 1 aromatic rings. The summed E-state index contributed by atoms with van der Waals surface area (Å²) in [7, 11) is -3.66. The van der Waals surface area contributed by atoms with Gasteiger partial charge in [0.15, 0.2) is 5.76 Å². The van der Waals surface area contributed by atoms with Crippen molar-refractivity contribution in [1.29, 1.82) is 0 Å². The van der Waals surface area contributed by atoms with E-state index in [1.165, 1.54) is 17.3 Å². The highest BCUT2D eigenvalue weighted by atomic mass is 32.2. The number of aliphatic carboxylic acids is 1. The molecule has 8 nitrogen and oxygen atoms in total. The van der Waals surface area contributed by atoms with Crippen molar-refractivity contribution >= 4 is 21.9 Å². The standard InChI is InChI=1S/C15H20N2O6S/c1-10-12(24(21,22)17-6-2-3-7-17)8-11(23-10)13(18)16-9-15(4-5-15)14(19)20/h8H,2-7,9H2,1H3,(H,16,18)(H,19,20). The van der Waals surface area contributed by atoms with Crippen LogP contribution < -0.4 is 5.32 Å². The molecule has 24 heavy (non-hydrogen) atoms. The van der Waals surface area contributed by atoms with Crippen molar-refractivity contribution in [2.45, 2.75) is 37.5 Å². The fraction of sp³-hybridized carbons (Fsp3) is 0.600. The Labute approximate surface area is 139 Å². The van der Waals surface area contributed by atoms with E-state index in [9.17, 15) is 18.0 Å². The molecule has 0 radical (unpaired) electrons. The number of rotatable bonds is 6. The predicted octanol–water partition coefficient (Wildman–Crippen LogP) is 0.967. The smallest absolute Gasteiger partial charge is 0.311 e. The summed E-state index contributed by atoms with van der Waals surface area (Å²) in [6.45, 7) is 2.44. The van der Waals surface area contributed by atoms with Crippen molar-refractivity contribution in [3.63, 3.8) is 0 Å². The molecule has 1 aromatic heterocycles. The maximum absolute atomic E-state index is 12.6. The summed E-state index contributed by atoms with van der Waals surface area (Å²) in [4.78, 5) is 23.3. The molecule has 3 rings (SSSR count). The van der Waals surface area contributed by atoms with Crippen LogP contribution in [0.5, 0.6) is 0 Å². The lowest BCUT2D eigenvalue weighted by Crippen LogP contribution is -2.34. The lowest BCUT2D eigenvalue weighted by Gasteiger charge is -2.14. The van der Waals surface area contributed by atoms with Crippen LogP contribution in [0.25, 0.3) is 0 Å². The van der Waals surface area contributed by atoms with E-state index >= 15 is 0 Å². The molecule has 132 valence electrons. The first-order valence-corrected chi connectivity index (χ1v) is 9.32. The summed E-state index contributed by atoms with van der Waals surface area (Å²) in [5, 5.41) is 11.6. The highest BCUT2D eigenvalue weighted by molar-refractivity contribution is 7.89. The van der Waals surface area contributed by atoms with E-state index in [0.29, 0.717) is 25.9 Å². The van der Waals surface area contributed by atoms with Crippen LogP contribution in [0.4, 0.5) is 0 Å². The fourth-order valence-corrected chi connectivity index (χ4v) is 4.53. The average molecular weight is 356 g/mol. The highest BCUT2D eigenvalue weighted by Gasteiger charge is 2.50. The molecular weight excluding hydrogens is 336 g/mol. The van der Waals surface area contributed by atoms with Gasteiger partial charge in [-0.05, 0) is 32.6 Å². The summed E-state index contributed by atoms with van der Waals surface area (Å²) in [6, 6.07) is 1.22. The summed E-state index contributed by atoms with van der Waals surface area (Å²) >= 11 is 0. The van der Waals surface area contributed by atoms with E-state index in [0.717, 1.165) is 12.8 Å². The zero-order chi connectivity index (χ0) is 17.5. The van der Waals surface area contributed by atoms with E-state index < -0.39 is 27.3 Å². The van der Waals surface area contributed by atoms with Crippen LogP contribution in [0.3, 0.4) is 0 Å². The largest absolute Gasteiger partial charge is 0.481 e. The number of carboxylic acids is 1. The number of hydrogen-bond acceptors (Lipinski definition) is 5. The summed E-state index contributed by atoms with van der Waals surface area (Å²) in [5.41, 5.74) is -0.887. The third kappa shape index (κ3) is 2.93. The Balaban J connectivity index is 1.74. The quantitative estimate of drug-likeness (QED) is 0.784. The van der Waals surface area contributed by atoms with E-state index in [1.54, 1.807) is 0 Å². The fourth-order valence-electron chi connectivity index (χ4n) is 2.85. The van der Waals surface area contributed by atoms with Crippen molar-refractivity contribution in [3.8, 4) is 0 Å². The maximum Gasteiger partial charge on any atom is 0.311 e. The van der Waals surface area contributed by atoms with Gasteiger partial charge in [0.05, 0.1) is 5.41 Å². The van der Waals surface area contributed by atoms with Crippen LogP contribution in [0.1, 0.15) is 42.0 Å². The second-order valence-corrected chi connectivity index (χ2v) is 8.32. The van der Waals surface area contributed by atoms with E-state index in [-0.39, 0.29) is 23.0 Å². The van der Waals surface area contributed by atoms with Crippen molar-refractivity contribution in [2.24, 2.45) is 5.41 Å². The molecule has 1 aliphatic heterocycles. The van der Waals surface area contributed by atoms with Gasteiger partial charge in [-0.3, -0.25) is 9.59 Å². The van der Waals surface area contributed by atoms with Gasteiger partial charge in [-0.15, -0.1) is 0 Å². The van der Waals surface area contributed by atoms with Crippen LogP contribution in [0.2, 0.25) is 0 Å². The number of nitrogens with zero attached hydrogens (tertiary/aromatic N) is 1. The van der Waals surface area contributed by atoms with Gasteiger partial charge >= 0.3 is 5.97 Å². The number of hydrogen-bond donors (Lipinski definition) is 2. The van der Waals surface area contributed by atoms with Gasteiger partial charge in [0.2, 0.25) is 10.0 Å². The highest BCUT2D eigenvalue weighted by Crippen LogP contribution is 2.45. The van der Waals surface area contributed by atoms with Crippen molar-refractivity contribution in [3.05, 3.63) is 17.6 Å². The minimum absolute atomic E-state index is 0.00563. The lowest BCUT2D eigenvalue weighted by molar-refractivity contribution is -0.143. The first-order chi connectivity index (χ1) is 11.3. The van der Waals surface area contributed by atoms with Gasteiger partial charge in [-0.1, -0.05) is 0 Å². The Morgan fingerprint density at radius 3 is 2.50 bits per heavy atom. The van der Waals surface area contributed by atoms with Gasteiger partial charge in [-0.25, -0.2) is 8.42 Å². The van der Waals surface area contributed by atoms with E-state index in [4.69, 9.17) is 9.52 Å². The number of amides is 1. The average Bonchev–Trinajstić information content (AvgIpc) is 2.95. The first kappa shape index (κ1) is 17.0. The lowest BCUT2D eigenvalue weighted by atomic mass is 10.1. The number of aryl methyl sites for hydroxylation is 1. The molecule has 0 atom stereocenters. The Morgan fingerprint density at radius 2 is 1.96 bits per heavy atom. The monoisotopic (exact) mass is 356 g/mol. The third-order valence-corrected chi connectivity index (χ3v) is 6.68. The van der Waals surface area contributed by atoms with Crippen LogP contribution in [0.15, 0.2) is 15.4 Å². The molecule has 2 N–H and O–H groups in total. The van der Waals surface area contributed by atoms with Crippen molar-refractivity contribution in [2.75, 3.05) is 19.6 Å². The Kier molecular flexibility index (Phi) is 4.16. The molecule has 2 fully saturated rings. The van der Waals surface area contributed by atoms with Crippen LogP contribution in [-0.4, -0.2) is 49.3 Å². The number of nitrogens with one attached hydrogen (secondary N) is 1. The molecule has 2 aliphatic rings. The molecule has 0 aromatic carbocycles. The predicted molar refractivity (Wildman–Crippen MR) is 83.1 cm³/mol. The van der Waals surface area contributed by atoms with Gasteiger partial charge < -0.3 is 14.8 Å². The molecule has 0 bridgehead atoms. The minimum atomic E-state index is -3.66. The summed E-state index contributed by atoms with van der Waals surface area (Å²) in [5.74, 6) is -1.50. The number of carbonyl (C=O) groups is 2. The van der Waals surface area contributed by atoms with Crippen LogP contribution in [-0.2, 0) is 14.8 Å². The zero-order valence-corrected chi connectivity index (χ0v) is 14.2. The molecule has 9 heteroatoms. The topological polar surface area (TPSA) is 117 Å². The Morgan fingerprint density at radius 1 is 1.33 bits per heavy atom. The van der Waals surface area contributed by atoms with E-state index in [1.807, 2.05) is 0 Å². The summed E-state index contributed by atoms with van der Waals surface area (Å²) in [6.07, 6.45) is 2.68. The maximum atomic E-state index is 12.6. The molecule has 2 heterocycles. The first-order valence-electron chi connectivity index (χ1n) is 7.88. The van der Waals surface area contributed by atoms with Gasteiger partial charge in [0, 0.05) is 25.7 Å². The molecule has 0 unspecified atom stereocenters. The Hall–Kier alpha value is -1.87. The molecule has 0 spiro atoms. The second kappa shape index (κ2) is 5.89. The van der Waals surface area contributed by atoms with Gasteiger partial charge in [0.1, 0.15) is 10.7 Å². The summed E-state index contributed by atoms with van der Waals surface area (Å²) < 4.78 is 31.8. The minimum Gasteiger partial charge on any atom is -0.481 e. The zero-order valence-electron chi connectivity index (χ0n) is 13.4. The van der Waals surface area contributed by atoms with Gasteiger partial charge in [-0.2, -0.15) is 4.31 Å². The molecule has 1 aliphatic carbocycles. The Bertz CT molecular complexity index is 772. The van der Waals surface area contributed by atoms with Crippen LogP contribution in [0, 0.1) is 12.3 Å². The van der Waals surface area contributed by atoms with Crippen molar-refractivity contribution in [1.82, 2.24) is 9.62 Å². The number of furan rings is 1. The number of carbonyl (C=O) groups excluding carboxylic acids is 1. The molecule has 1 amide bonds. The number of sulfonamides is 1. The SMILES string of the molecule is Cc1oc(C(=O)NCC2(C(=O)O)CC2)cc1S(=O)(=O)N1CCCC1. The number of carboxylic acid groups (broad SMARTS) is 1. The second-order valence-electron chi connectivity index (χ2n) is 6.41. The van der Waals surface area contributed by atoms with Crippen LogP contribution >= 0.6 is 0 Å². The van der Waals surface area contributed by atoms with E-state index in [2.05, 4.69) is 5.32 Å². The molecular formula is C15H20N2O6S. The molecule has 1 saturated heterocycles. The normalized spacial score (nSPS) is 20.0. The molecule has 1 saturated carbocycles. The van der Waals surface area contributed by atoms with Crippen molar-refractivity contribution < 1.29 is 27.5 Å².